The van der Waals surface area contributed by atoms with E-state index in [1.165, 1.54) is 19.9 Å². The van der Waals surface area contributed by atoms with E-state index in [-0.39, 0.29) is 6.42 Å². The molecule has 0 saturated heterocycles. The molecule has 0 spiro atoms. The van der Waals surface area contributed by atoms with Crippen molar-refractivity contribution in [2.75, 3.05) is 53.6 Å². The van der Waals surface area contributed by atoms with E-state index in [1.807, 2.05) is 30.3 Å². The lowest BCUT2D eigenvalue weighted by Gasteiger charge is -2.08. The van der Waals surface area contributed by atoms with Crippen LogP contribution in [-0.2, 0) is 29.3 Å². The number of carbonyl (C=O) groups is 2. The van der Waals surface area contributed by atoms with Gasteiger partial charge < -0.3 is 20.1 Å². The molecule has 0 fully saturated rings. The molecule has 0 aliphatic rings. The number of carbonyl (C=O) groups excluding carboxylic acids is 2. The molecule has 2 amide bonds. The number of ether oxygens (including phenoxy) is 2. The molecule has 0 aliphatic heterocycles. The molecule has 11 heteroatoms. The van der Waals surface area contributed by atoms with Crippen LogP contribution in [0.5, 0.6) is 0 Å². The maximum atomic E-state index is 11.3. The Morgan fingerprint density at radius 1 is 0.788 bits per heavy atom. The third-order valence-electron chi connectivity index (χ3n) is 4.29. The Morgan fingerprint density at radius 3 is 1.85 bits per heavy atom. The van der Waals surface area contributed by atoms with Crippen LogP contribution in [0.1, 0.15) is 66.2 Å². The highest BCUT2D eigenvalue weighted by Gasteiger charge is 2.15. The van der Waals surface area contributed by atoms with Crippen LogP contribution in [-0.4, -0.2) is 73.8 Å². The van der Waals surface area contributed by atoms with Crippen LogP contribution < -0.4 is 20.1 Å². The molecule has 0 saturated carbocycles. The van der Waals surface area contributed by atoms with E-state index >= 15 is 0 Å². The molecule has 0 bridgehead atoms. The first-order chi connectivity index (χ1) is 15.5. The second-order valence-corrected chi connectivity index (χ2v) is 10.0. The molecular weight excluding hydrogens is 448 g/mol. The van der Waals surface area contributed by atoms with Crippen LogP contribution in [0.4, 0.5) is 0 Å². The molecule has 198 valence electrons. The summed E-state index contributed by atoms with van der Waals surface area (Å²) in [6, 6.07) is 0. The van der Waals surface area contributed by atoms with Gasteiger partial charge in [-0.3, -0.25) is 9.59 Å². The molecule has 0 aliphatic carbocycles. The standard InChI is InChI=1S/C13H29NO2.C9H19N3O4S/c1-13(2)7-6-11-15-9-4-5-10-16-12-8-14-3;1-7(2)4-5-8(13)12-17(15,16)11-6-9(14)10-3/h13-14H,4-12H2,1-3H3;7,11H,4-6H2,1-3H3,(H,10,14)(H,12,13). The second-order valence-electron chi connectivity index (χ2n) is 8.53. The van der Waals surface area contributed by atoms with Gasteiger partial charge in [-0.15, -0.1) is 0 Å². The molecule has 10 nitrogen and oxygen atoms in total. The lowest BCUT2D eigenvalue weighted by atomic mass is 10.1. The first-order valence-electron chi connectivity index (χ1n) is 11.8. The van der Waals surface area contributed by atoms with E-state index < -0.39 is 28.6 Å². The van der Waals surface area contributed by atoms with E-state index in [2.05, 4.69) is 24.5 Å². The minimum absolute atomic E-state index is 0.137. The first-order valence-corrected chi connectivity index (χ1v) is 13.3. The quantitative estimate of drug-likeness (QED) is 0.199. The van der Waals surface area contributed by atoms with Crippen molar-refractivity contribution in [3.63, 3.8) is 0 Å². The molecule has 0 aromatic rings. The summed E-state index contributed by atoms with van der Waals surface area (Å²) in [5.74, 6) is 0.0552. The maximum absolute atomic E-state index is 11.3. The van der Waals surface area contributed by atoms with E-state index in [9.17, 15) is 18.0 Å². The number of hydrogen-bond acceptors (Lipinski definition) is 7. The van der Waals surface area contributed by atoms with Gasteiger partial charge in [0.05, 0.1) is 13.2 Å². The fourth-order valence-corrected chi connectivity index (χ4v) is 3.08. The second kappa shape index (κ2) is 22.5. The van der Waals surface area contributed by atoms with Gasteiger partial charge in [0.2, 0.25) is 11.8 Å². The molecule has 4 N–H and O–H groups in total. The van der Waals surface area contributed by atoms with Crippen molar-refractivity contribution in [1.29, 1.82) is 0 Å². The maximum Gasteiger partial charge on any atom is 0.301 e. The van der Waals surface area contributed by atoms with Crippen molar-refractivity contribution >= 4 is 22.0 Å². The normalized spacial score (nSPS) is 11.3. The van der Waals surface area contributed by atoms with Gasteiger partial charge in [0.1, 0.15) is 0 Å². The lowest BCUT2D eigenvalue weighted by molar-refractivity contribution is -0.120. The summed E-state index contributed by atoms with van der Waals surface area (Å²) in [5, 5.41) is 5.30. The van der Waals surface area contributed by atoms with Crippen LogP contribution in [0.3, 0.4) is 0 Å². The molecule has 0 rings (SSSR count). The van der Waals surface area contributed by atoms with E-state index in [1.54, 1.807) is 0 Å². The third kappa shape index (κ3) is 28.7. The Morgan fingerprint density at radius 2 is 1.33 bits per heavy atom. The molecular formula is C22H48N4O6S. The highest BCUT2D eigenvalue weighted by atomic mass is 32.2. The van der Waals surface area contributed by atoms with Gasteiger partial charge in [0, 0.05) is 39.8 Å². The van der Waals surface area contributed by atoms with Gasteiger partial charge in [-0.05, 0) is 51.0 Å². The Labute approximate surface area is 201 Å². The summed E-state index contributed by atoms with van der Waals surface area (Å²) < 4.78 is 37.3. The zero-order valence-corrected chi connectivity index (χ0v) is 22.3. The number of likely N-dealkylation sites (N-methyl/N-ethyl adjacent to an activating group) is 2. The smallest absolute Gasteiger partial charge is 0.301 e. The summed E-state index contributed by atoms with van der Waals surface area (Å²) in [6.45, 7) is 12.4. The third-order valence-corrected chi connectivity index (χ3v) is 5.31. The highest BCUT2D eigenvalue weighted by Crippen LogP contribution is 2.04. The topological polar surface area (TPSA) is 135 Å². The predicted octanol–water partition coefficient (Wildman–Crippen LogP) is 1.57. The van der Waals surface area contributed by atoms with Gasteiger partial charge in [0.25, 0.3) is 0 Å². The van der Waals surface area contributed by atoms with Crippen LogP contribution in [0.25, 0.3) is 0 Å². The van der Waals surface area contributed by atoms with Crippen molar-refractivity contribution in [3.8, 4) is 0 Å². The number of nitrogens with one attached hydrogen (secondary N) is 4. The summed E-state index contributed by atoms with van der Waals surface area (Å²) in [7, 11) is -0.619. The van der Waals surface area contributed by atoms with Crippen LogP contribution in [0, 0.1) is 11.8 Å². The van der Waals surface area contributed by atoms with Crippen LogP contribution >= 0.6 is 0 Å². The monoisotopic (exact) mass is 496 g/mol. The molecule has 0 radical (unpaired) electrons. The van der Waals surface area contributed by atoms with Crippen LogP contribution in [0.15, 0.2) is 0 Å². The summed E-state index contributed by atoms with van der Waals surface area (Å²) in [4.78, 5) is 22.1. The minimum atomic E-state index is -3.94. The van der Waals surface area contributed by atoms with Gasteiger partial charge in [-0.1, -0.05) is 27.7 Å². The average molecular weight is 497 g/mol. The summed E-state index contributed by atoms with van der Waals surface area (Å²) >= 11 is 0. The average Bonchev–Trinajstić information content (AvgIpc) is 2.74. The number of amides is 2. The number of hydrogen-bond donors (Lipinski definition) is 4. The first kappa shape index (κ1) is 33.9. The van der Waals surface area contributed by atoms with Gasteiger partial charge in [0.15, 0.2) is 0 Å². The fourth-order valence-electron chi connectivity index (χ4n) is 2.29. The zero-order chi connectivity index (χ0) is 25.5. The SMILES string of the molecule is CNC(=O)CNS(=O)(=O)NC(=O)CCC(C)C.CNCCOCCCCOCCCC(C)C. The van der Waals surface area contributed by atoms with Crippen LogP contribution in [0.2, 0.25) is 0 Å². The van der Waals surface area contributed by atoms with E-state index in [0.717, 1.165) is 51.7 Å². The van der Waals surface area contributed by atoms with Crippen molar-refractivity contribution < 1.29 is 27.5 Å². The highest BCUT2D eigenvalue weighted by molar-refractivity contribution is 7.88. The molecule has 0 aromatic heterocycles. The molecule has 0 unspecified atom stereocenters. The molecule has 33 heavy (non-hydrogen) atoms. The molecule has 0 atom stereocenters. The van der Waals surface area contributed by atoms with Crippen molar-refractivity contribution in [2.45, 2.75) is 66.2 Å². The molecule has 0 aromatic carbocycles. The zero-order valence-electron chi connectivity index (χ0n) is 21.5. The number of unbranched alkanes of at least 4 members (excludes halogenated alkanes) is 1. The Kier molecular flexibility index (Phi) is 23.1. The Hall–Kier alpha value is -1.27. The fraction of sp³-hybridized carbons (Fsp3) is 0.909. The molecule has 0 heterocycles. The van der Waals surface area contributed by atoms with E-state index in [0.29, 0.717) is 12.3 Å². The van der Waals surface area contributed by atoms with Gasteiger partial charge >= 0.3 is 10.2 Å². The van der Waals surface area contributed by atoms with Crippen molar-refractivity contribution in [3.05, 3.63) is 0 Å². The van der Waals surface area contributed by atoms with Gasteiger partial charge in [-0.25, -0.2) is 4.72 Å². The lowest BCUT2D eigenvalue weighted by Crippen LogP contribution is -2.44. The van der Waals surface area contributed by atoms with Crippen molar-refractivity contribution in [1.82, 2.24) is 20.1 Å². The Balaban J connectivity index is 0. The van der Waals surface area contributed by atoms with Gasteiger partial charge in [-0.2, -0.15) is 13.1 Å². The largest absolute Gasteiger partial charge is 0.381 e. The summed E-state index contributed by atoms with van der Waals surface area (Å²) in [5.41, 5.74) is 0. The minimum Gasteiger partial charge on any atom is -0.381 e. The van der Waals surface area contributed by atoms with E-state index in [4.69, 9.17) is 9.47 Å². The Bertz CT molecular complexity index is 585. The predicted molar refractivity (Wildman–Crippen MR) is 132 cm³/mol. The number of rotatable bonds is 19. The van der Waals surface area contributed by atoms with Crippen molar-refractivity contribution in [2.24, 2.45) is 11.8 Å². The summed E-state index contributed by atoms with van der Waals surface area (Å²) in [6.07, 6.45) is 5.42.